The van der Waals surface area contributed by atoms with Crippen LogP contribution in [0, 0.1) is 3.57 Å². The van der Waals surface area contributed by atoms with Gasteiger partial charge in [0.25, 0.3) is 0 Å². The van der Waals surface area contributed by atoms with Gasteiger partial charge >= 0.3 is 0 Å². The van der Waals surface area contributed by atoms with Gasteiger partial charge in [0, 0.05) is 24.6 Å². The molecule has 1 aromatic carbocycles. The predicted octanol–water partition coefficient (Wildman–Crippen LogP) is 2.58. The van der Waals surface area contributed by atoms with E-state index in [0.717, 1.165) is 24.9 Å². The first-order chi connectivity index (χ1) is 6.24. The largest absolute Gasteiger partial charge is 0.398 e. The molecule has 2 nitrogen and oxygen atoms in total. The molecule has 0 saturated carbocycles. The lowest BCUT2D eigenvalue weighted by molar-refractivity contribution is 0.282. The Balaban J connectivity index is 2.88. The Bertz CT molecular complexity index is 452. The van der Waals surface area contributed by atoms with Crippen LogP contribution in [-0.2, 0) is 6.61 Å². The molecule has 0 aliphatic rings. The summed E-state index contributed by atoms with van der Waals surface area (Å²) in [7, 11) is 0. The van der Waals surface area contributed by atoms with Crippen molar-refractivity contribution in [3.05, 3.63) is 26.6 Å². The van der Waals surface area contributed by atoms with Crippen molar-refractivity contribution in [2.75, 3.05) is 5.73 Å². The Morgan fingerprint density at radius 3 is 2.92 bits per heavy atom. The summed E-state index contributed by atoms with van der Waals surface area (Å²) in [4.78, 5) is 0. The number of fused-ring (bicyclic) bond motifs is 1. The molecule has 68 valence electrons. The highest BCUT2D eigenvalue weighted by molar-refractivity contribution is 14.1. The van der Waals surface area contributed by atoms with E-state index in [-0.39, 0.29) is 6.61 Å². The Kier molecular flexibility index (Phi) is 2.44. The van der Waals surface area contributed by atoms with Crippen molar-refractivity contribution in [3.8, 4) is 0 Å². The van der Waals surface area contributed by atoms with Gasteiger partial charge in [-0.3, -0.25) is 0 Å². The quantitative estimate of drug-likeness (QED) is 0.796. The van der Waals surface area contributed by atoms with E-state index in [2.05, 4.69) is 22.6 Å². The number of hydrogen-bond acceptors (Lipinski definition) is 3. The Morgan fingerprint density at radius 1 is 1.46 bits per heavy atom. The number of anilines is 1. The smallest absolute Gasteiger partial charge is 0.0699 e. The number of aliphatic hydroxyl groups excluding tert-OH is 1. The zero-order chi connectivity index (χ0) is 9.42. The molecule has 0 amide bonds. The maximum absolute atomic E-state index is 9.20. The number of halogens is 1. The number of aliphatic hydroxyl groups is 1. The highest BCUT2D eigenvalue weighted by Gasteiger charge is 2.08. The van der Waals surface area contributed by atoms with Crippen LogP contribution in [0.1, 0.15) is 5.56 Å². The average molecular weight is 305 g/mol. The molecule has 2 rings (SSSR count). The molecule has 0 radical (unpaired) electrons. The second-order valence-electron chi connectivity index (χ2n) is 2.75. The summed E-state index contributed by atoms with van der Waals surface area (Å²) in [5.41, 5.74) is 7.53. The van der Waals surface area contributed by atoms with Crippen molar-refractivity contribution < 1.29 is 5.11 Å². The molecule has 0 saturated heterocycles. The molecule has 0 unspecified atom stereocenters. The van der Waals surface area contributed by atoms with E-state index in [1.54, 1.807) is 11.3 Å². The van der Waals surface area contributed by atoms with Crippen molar-refractivity contribution >= 4 is 49.7 Å². The lowest BCUT2D eigenvalue weighted by Crippen LogP contribution is -1.91. The maximum atomic E-state index is 9.20. The van der Waals surface area contributed by atoms with Crippen LogP contribution in [0.5, 0.6) is 0 Å². The van der Waals surface area contributed by atoms with Crippen LogP contribution >= 0.6 is 33.9 Å². The van der Waals surface area contributed by atoms with E-state index in [1.807, 2.05) is 17.5 Å². The summed E-state index contributed by atoms with van der Waals surface area (Å²) in [6.45, 7) is 0.0521. The van der Waals surface area contributed by atoms with Crippen LogP contribution in [0.15, 0.2) is 17.5 Å². The summed E-state index contributed by atoms with van der Waals surface area (Å²) in [5.74, 6) is 0. The molecule has 2 aromatic rings. The van der Waals surface area contributed by atoms with Gasteiger partial charge in [0.05, 0.1) is 12.3 Å². The predicted molar refractivity (Wildman–Crippen MR) is 64.9 cm³/mol. The number of benzene rings is 1. The topological polar surface area (TPSA) is 46.2 Å². The molecule has 0 fully saturated rings. The molecule has 0 atom stereocenters. The highest BCUT2D eigenvalue weighted by atomic mass is 127. The van der Waals surface area contributed by atoms with Gasteiger partial charge in [-0.2, -0.15) is 0 Å². The molecule has 0 bridgehead atoms. The van der Waals surface area contributed by atoms with E-state index < -0.39 is 0 Å². The second kappa shape index (κ2) is 3.43. The molecule has 0 aliphatic carbocycles. The zero-order valence-electron chi connectivity index (χ0n) is 6.75. The van der Waals surface area contributed by atoms with Crippen molar-refractivity contribution in [1.29, 1.82) is 0 Å². The van der Waals surface area contributed by atoms with E-state index in [9.17, 15) is 5.11 Å². The van der Waals surface area contributed by atoms with E-state index in [1.165, 1.54) is 0 Å². The van der Waals surface area contributed by atoms with Crippen LogP contribution in [0.25, 0.3) is 10.1 Å². The van der Waals surface area contributed by atoms with Gasteiger partial charge in [-0.25, -0.2) is 0 Å². The molecule has 3 N–H and O–H groups in total. The first-order valence-electron chi connectivity index (χ1n) is 3.79. The molecular formula is C9H8INOS. The minimum Gasteiger partial charge on any atom is -0.398 e. The number of thiophene rings is 1. The fourth-order valence-electron chi connectivity index (χ4n) is 1.36. The Labute approximate surface area is 93.5 Å². The van der Waals surface area contributed by atoms with Gasteiger partial charge in [-0.1, -0.05) is 0 Å². The van der Waals surface area contributed by atoms with Crippen LogP contribution in [0.2, 0.25) is 0 Å². The molecule has 13 heavy (non-hydrogen) atoms. The standard InChI is InChI=1S/C9H8INOS/c10-6-1-2-8-9(5(6)3-12)7(11)4-13-8/h1-2,4,12H,3,11H2. The third-order valence-electron chi connectivity index (χ3n) is 1.98. The molecule has 4 heteroatoms. The molecule has 1 aromatic heterocycles. The fraction of sp³-hybridized carbons (Fsp3) is 0.111. The minimum absolute atomic E-state index is 0.0521. The zero-order valence-corrected chi connectivity index (χ0v) is 9.72. The summed E-state index contributed by atoms with van der Waals surface area (Å²) in [6.07, 6.45) is 0. The van der Waals surface area contributed by atoms with Gasteiger partial charge in [0.15, 0.2) is 0 Å². The van der Waals surface area contributed by atoms with Crippen molar-refractivity contribution in [1.82, 2.24) is 0 Å². The average Bonchev–Trinajstić information content (AvgIpc) is 2.49. The van der Waals surface area contributed by atoms with Crippen LogP contribution in [0.3, 0.4) is 0 Å². The molecule has 1 heterocycles. The summed E-state index contributed by atoms with van der Waals surface area (Å²) in [5, 5.41) is 12.1. The van der Waals surface area contributed by atoms with E-state index in [0.29, 0.717) is 0 Å². The summed E-state index contributed by atoms with van der Waals surface area (Å²) in [6, 6.07) is 4.04. The van der Waals surface area contributed by atoms with Crippen LogP contribution in [0.4, 0.5) is 5.69 Å². The normalized spacial score (nSPS) is 10.9. The van der Waals surface area contributed by atoms with Gasteiger partial charge in [0.1, 0.15) is 0 Å². The Hall–Kier alpha value is -0.330. The SMILES string of the molecule is Nc1csc2ccc(I)c(CO)c12. The summed E-state index contributed by atoms with van der Waals surface area (Å²) < 4.78 is 2.21. The second-order valence-corrected chi connectivity index (χ2v) is 4.82. The van der Waals surface area contributed by atoms with Gasteiger partial charge in [-0.05, 0) is 34.7 Å². The third-order valence-corrected chi connectivity index (χ3v) is 3.95. The number of rotatable bonds is 1. The Morgan fingerprint density at radius 2 is 2.23 bits per heavy atom. The number of hydrogen-bond donors (Lipinski definition) is 2. The maximum Gasteiger partial charge on any atom is 0.0699 e. The van der Waals surface area contributed by atoms with Crippen molar-refractivity contribution in [2.24, 2.45) is 0 Å². The van der Waals surface area contributed by atoms with Gasteiger partial charge in [-0.15, -0.1) is 11.3 Å². The molecule has 0 spiro atoms. The van der Waals surface area contributed by atoms with Crippen molar-refractivity contribution in [2.45, 2.75) is 6.61 Å². The number of nitrogen functional groups attached to an aromatic ring is 1. The first kappa shape index (κ1) is 9.23. The first-order valence-corrected chi connectivity index (χ1v) is 5.75. The summed E-state index contributed by atoms with van der Waals surface area (Å²) >= 11 is 3.82. The highest BCUT2D eigenvalue weighted by Crippen LogP contribution is 2.33. The van der Waals surface area contributed by atoms with Crippen LogP contribution < -0.4 is 5.73 Å². The lowest BCUT2D eigenvalue weighted by Gasteiger charge is -2.03. The monoisotopic (exact) mass is 305 g/mol. The fourth-order valence-corrected chi connectivity index (χ4v) is 2.85. The van der Waals surface area contributed by atoms with E-state index >= 15 is 0 Å². The van der Waals surface area contributed by atoms with E-state index in [4.69, 9.17) is 5.73 Å². The lowest BCUT2D eigenvalue weighted by atomic mass is 10.1. The van der Waals surface area contributed by atoms with Gasteiger partial charge in [0.2, 0.25) is 0 Å². The van der Waals surface area contributed by atoms with Gasteiger partial charge < -0.3 is 10.8 Å². The van der Waals surface area contributed by atoms with Crippen LogP contribution in [-0.4, -0.2) is 5.11 Å². The molecular weight excluding hydrogens is 297 g/mol. The number of nitrogens with two attached hydrogens (primary N) is 1. The molecule has 0 aliphatic heterocycles. The minimum atomic E-state index is 0.0521. The third kappa shape index (κ3) is 1.43. The van der Waals surface area contributed by atoms with Crippen molar-refractivity contribution in [3.63, 3.8) is 0 Å².